The molecule has 29 heavy (non-hydrogen) atoms. The second-order valence-corrected chi connectivity index (χ2v) is 9.50. The molecule has 0 N–H and O–H groups in total. The molecule has 6 nitrogen and oxygen atoms in total. The predicted molar refractivity (Wildman–Crippen MR) is 106 cm³/mol. The van der Waals surface area contributed by atoms with Gasteiger partial charge in [-0.1, -0.05) is 30.3 Å². The zero-order valence-electron chi connectivity index (χ0n) is 17.3. The van der Waals surface area contributed by atoms with E-state index in [0.717, 1.165) is 18.4 Å². The number of amides is 1. The largest absolute Gasteiger partial charge is 0.450 e. The van der Waals surface area contributed by atoms with Crippen molar-refractivity contribution in [2.24, 2.45) is 11.8 Å². The molecule has 2 heterocycles. The van der Waals surface area contributed by atoms with E-state index in [1.165, 1.54) is 0 Å². The maximum absolute atomic E-state index is 13.5. The number of rotatable bonds is 3. The Morgan fingerprint density at radius 2 is 1.76 bits per heavy atom. The molecule has 2 unspecified atom stereocenters. The van der Waals surface area contributed by atoms with Crippen LogP contribution >= 0.6 is 0 Å². The Balaban J connectivity index is 1.49. The molecule has 3 fully saturated rings. The Kier molecular flexibility index (Phi) is 4.91. The van der Waals surface area contributed by atoms with Crippen LogP contribution in [0.15, 0.2) is 30.3 Å². The van der Waals surface area contributed by atoms with Gasteiger partial charge in [-0.05, 0) is 45.1 Å². The summed E-state index contributed by atoms with van der Waals surface area (Å²) in [4.78, 5) is 40.3. The quantitative estimate of drug-likeness (QED) is 0.572. The Morgan fingerprint density at radius 3 is 2.31 bits per heavy atom. The van der Waals surface area contributed by atoms with Crippen LogP contribution in [0.4, 0.5) is 4.79 Å². The maximum atomic E-state index is 13.5. The van der Waals surface area contributed by atoms with Gasteiger partial charge in [0.1, 0.15) is 11.5 Å². The molecular formula is C23H29NO5. The number of benzene rings is 1. The Morgan fingerprint density at radius 1 is 1.14 bits per heavy atom. The van der Waals surface area contributed by atoms with E-state index in [4.69, 9.17) is 9.47 Å². The second kappa shape index (κ2) is 7.15. The number of ketones is 1. The summed E-state index contributed by atoms with van der Waals surface area (Å²) in [7, 11) is 0. The minimum absolute atomic E-state index is 0.105. The number of piperidine rings is 1. The average Bonchev–Trinajstić information content (AvgIpc) is 3.46. The highest BCUT2D eigenvalue weighted by atomic mass is 16.6. The van der Waals surface area contributed by atoms with E-state index in [-0.39, 0.29) is 17.8 Å². The van der Waals surface area contributed by atoms with Gasteiger partial charge in [0.2, 0.25) is 0 Å². The van der Waals surface area contributed by atoms with Crippen LogP contribution in [0.5, 0.6) is 0 Å². The third-order valence-corrected chi connectivity index (χ3v) is 6.18. The number of ether oxygens (including phenoxy) is 2. The lowest BCUT2D eigenvalue weighted by Crippen LogP contribution is -2.51. The normalized spacial score (nSPS) is 25.1. The van der Waals surface area contributed by atoms with Gasteiger partial charge in [0, 0.05) is 31.8 Å². The van der Waals surface area contributed by atoms with Gasteiger partial charge in [0.25, 0.3) is 0 Å². The van der Waals surface area contributed by atoms with Gasteiger partial charge in [-0.3, -0.25) is 9.59 Å². The minimum Gasteiger partial charge on any atom is -0.450 e. The number of esters is 1. The summed E-state index contributed by atoms with van der Waals surface area (Å²) >= 11 is 0. The minimum atomic E-state index is -1.10. The zero-order valence-corrected chi connectivity index (χ0v) is 17.3. The van der Waals surface area contributed by atoms with Crippen molar-refractivity contribution >= 4 is 17.8 Å². The molecule has 1 aromatic rings. The fraction of sp³-hybridized carbons (Fsp3) is 0.609. The van der Waals surface area contributed by atoms with Crippen molar-refractivity contribution in [3.63, 3.8) is 0 Å². The van der Waals surface area contributed by atoms with Crippen LogP contribution in [0.1, 0.15) is 57.9 Å². The van der Waals surface area contributed by atoms with Crippen LogP contribution in [-0.2, 0) is 19.1 Å². The molecule has 0 bridgehead atoms. The van der Waals surface area contributed by atoms with E-state index in [9.17, 15) is 14.4 Å². The lowest BCUT2D eigenvalue weighted by Gasteiger charge is -2.37. The molecule has 0 aromatic heterocycles. The van der Waals surface area contributed by atoms with E-state index >= 15 is 0 Å². The first-order valence-electron chi connectivity index (χ1n) is 10.5. The van der Waals surface area contributed by atoms with Gasteiger partial charge in [-0.25, -0.2) is 4.79 Å². The van der Waals surface area contributed by atoms with Crippen molar-refractivity contribution in [2.45, 2.75) is 63.6 Å². The highest BCUT2D eigenvalue weighted by Gasteiger charge is 2.60. The smallest absolute Gasteiger partial charge is 0.410 e. The molecule has 4 rings (SSSR count). The summed E-state index contributed by atoms with van der Waals surface area (Å²) in [6, 6.07) is 9.84. The molecule has 156 valence electrons. The molecule has 0 radical (unpaired) electrons. The summed E-state index contributed by atoms with van der Waals surface area (Å²) in [5, 5.41) is 0. The standard InChI is InChI=1S/C23H29NO5/c1-22(2,3)29-21(27)24-13-11-23(12-14-24)19(25)18(20(26)28-23)17(16-9-10-16)15-7-5-4-6-8-15/h4-8,16-18H,9-14H2,1-3H3. The van der Waals surface area contributed by atoms with Crippen LogP contribution in [-0.4, -0.2) is 47.0 Å². The van der Waals surface area contributed by atoms with Gasteiger partial charge < -0.3 is 14.4 Å². The van der Waals surface area contributed by atoms with Crippen molar-refractivity contribution in [1.29, 1.82) is 0 Å². The Labute approximate surface area is 171 Å². The molecule has 6 heteroatoms. The highest BCUT2D eigenvalue weighted by molar-refractivity contribution is 6.10. The van der Waals surface area contributed by atoms with Crippen LogP contribution in [0, 0.1) is 11.8 Å². The number of likely N-dealkylation sites (tertiary alicyclic amines) is 1. The number of hydrogen-bond acceptors (Lipinski definition) is 5. The van der Waals surface area contributed by atoms with Crippen molar-refractivity contribution in [3.8, 4) is 0 Å². The van der Waals surface area contributed by atoms with Gasteiger partial charge in [0.05, 0.1) is 0 Å². The van der Waals surface area contributed by atoms with Crippen molar-refractivity contribution < 1.29 is 23.9 Å². The van der Waals surface area contributed by atoms with Gasteiger partial charge in [-0.2, -0.15) is 0 Å². The summed E-state index contributed by atoms with van der Waals surface area (Å²) in [5.41, 5.74) is -0.629. The van der Waals surface area contributed by atoms with Crippen LogP contribution in [0.3, 0.4) is 0 Å². The molecule has 1 spiro atoms. The SMILES string of the molecule is CC(C)(C)OC(=O)N1CCC2(CC1)OC(=O)C(C(c1ccccc1)C1CC1)C2=O. The van der Waals surface area contributed by atoms with E-state index in [0.29, 0.717) is 31.8 Å². The maximum Gasteiger partial charge on any atom is 0.410 e. The monoisotopic (exact) mass is 399 g/mol. The number of hydrogen-bond donors (Lipinski definition) is 0. The first kappa shape index (κ1) is 19.9. The highest BCUT2D eigenvalue weighted by Crippen LogP contribution is 2.51. The van der Waals surface area contributed by atoms with Crippen LogP contribution in [0.2, 0.25) is 0 Å². The summed E-state index contributed by atoms with van der Waals surface area (Å²) in [6.07, 6.45) is 2.35. The van der Waals surface area contributed by atoms with E-state index < -0.39 is 23.1 Å². The number of carbonyl (C=O) groups excluding carboxylic acids is 3. The van der Waals surface area contributed by atoms with E-state index in [1.54, 1.807) is 4.90 Å². The lowest BCUT2D eigenvalue weighted by atomic mass is 9.75. The molecule has 1 aliphatic carbocycles. The fourth-order valence-corrected chi connectivity index (χ4v) is 4.60. The molecule has 1 saturated carbocycles. The van der Waals surface area contributed by atoms with Crippen molar-refractivity contribution in [2.75, 3.05) is 13.1 Å². The molecule has 3 aliphatic rings. The molecular weight excluding hydrogens is 370 g/mol. The summed E-state index contributed by atoms with van der Waals surface area (Å²) < 4.78 is 11.2. The Hall–Kier alpha value is -2.37. The topological polar surface area (TPSA) is 72.9 Å². The fourth-order valence-electron chi connectivity index (χ4n) is 4.60. The molecule has 2 aliphatic heterocycles. The van der Waals surface area contributed by atoms with E-state index in [1.807, 2.05) is 51.1 Å². The van der Waals surface area contributed by atoms with Gasteiger partial charge >= 0.3 is 12.1 Å². The molecule has 1 aromatic carbocycles. The van der Waals surface area contributed by atoms with Gasteiger partial charge in [-0.15, -0.1) is 0 Å². The first-order valence-corrected chi connectivity index (χ1v) is 10.5. The summed E-state index contributed by atoms with van der Waals surface area (Å²) in [6.45, 7) is 6.17. The third kappa shape index (κ3) is 3.89. The third-order valence-electron chi connectivity index (χ3n) is 6.18. The van der Waals surface area contributed by atoms with E-state index in [2.05, 4.69) is 0 Å². The number of nitrogens with zero attached hydrogens (tertiary/aromatic N) is 1. The molecule has 2 saturated heterocycles. The van der Waals surface area contributed by atoms with Gasteiger partial charge in [0.15, 0.2) is 11.4 Å². The van der Waals surface area contributed by atoms with Crippen LogP contribution < -0.4 is 0 Å². The molecule has 2 atom stereocenters. The average molecular weight is 399 g/mol. The van der Waals surface area contributed by atoms with Crippen molar-refractivity contribution in [3.05, 3.63) is 35.9 Å². The molecule has 1 amide bonds. The summed E-state index contributed by atoms with van der Waals surface area (Å²) in [5.74, 6) is -0.998. The second-order valence-electron chi connectivity index (χ2n) is 9.50. The first-order chi connectivity index (χ1) is 13.7. The number of carbonyl (C=O) groups is 3. The zero-order chi connectivity index (χ0) is 20.8. The van der Waals surface area contributed by atoms with Crippen molar-refractivity contribution in [1.82, 2.24) is 4.90 Å². The number of Topliss-reactive ketones (excluding diaryl/α,β-unsaturated/α-hetero) is 1. The van der Waals surface area contributed by atoms with Crippen LogP contribution in [0.25, 0.3) is 0 Å². The Bertz CT molecular complexity index is 800. The lowest BCUT2D eigenvalue weighted by molar-refractivity contribution is -0.156. The predicted octanol–water partition coefficient (Wildman–Crippen LogP) is 3.69.